The molecule has 92 valence electrons. The number of rotatable bonds is 2. The van der Waals surface area contributed by atoms with E-state index in [0.29, 0.717) is 0 Å². The van der Waals surface area contributed by atoms with Crippen LogP contribution in [0.15, 0.2) is 48.5 Å². The summed E-state index contributed by atoms with van der Waals surface area (Å²) in [6, 6.07) is 15.2. The van der Waals surface area contributed by atoms with Crippen LogP contribution in [0.25, 0.3) is 5.57 Å². The molecule has 0 atom stereocenters. The predicted molar refractivity (Wildman–Crippen MR) is 79.8 cm³/mol. The van der Waals surface area contributed by atoms with E-state index in [1.807, 2.05) is 0 Å². The van der Waals surface area contributed by atoms with Crippen molar-refractivity contribution in [1.29, 1.82) is 0 Å². The average Bonchev–Trinajstić information content (AvgIpc) is 2.36. The highest BCUT2D eigenvalue weighted by atomic mass is 14.1. The third kappa shape index (κ3) is 2.38. The first-order valence-electron chi connectivity index (χ1n) is 6.43. The number of allylic oxidation sites excluding steroid dienone is 1. The van der Waals surface area contributed by atoms with E-state index >= 15 is 0 Å². The van der Waals surface area contributed by atoms with E-state index in [0.717, 1.165) is 0 Å². The van der Waals surface area contributed by atoms with E-state index < -0.39 is 0 Å². The molecule has 0 aliphatic carbocycles. The summed E-state index contributed by atoms with van der Waals surface area (Å²) in [6.45, 7) is 8.61. The van der Waals surface area contributed by atoms with Crippen molar-refractivity contribution in [3.05, 3.63) is 76.4 Å². The van der Waals surface area contributed by atoms with Crippen molar-refractivity contribution in [1.82, 2.24) is 0 Å². The fourth-order valence-corrected chi connectivity index (χ4v) is 2.36. The third-order valence-corrected chi connectivity index (χ3v) is 3.41. The minimum Gasteiger partial charge on any atom is -0.0792 e. The van der Waals surface area contributed by atoms with Crippen LogP contribution < -0.4 is 0 Å². The van der Waals surface area contributed by atoms with Gasteiger partial charge in [0.1, 0.15) is 0 Å². The summed E-state index contributed by atoms with van der Waals surface area (Å²) < 4.78 is 0. The van der Waals surface area contributed by atoms with Gasteiger partial charge in [-0.25, -0.2) is 0 Å². The minimum absolute atomic E-state index is 1.31. The minimum atomic E-state index is 1.31. The lowest BCUT2D eigenvalue weighted by Gasteiger charge is -2.14. The Bertz CT molecular complexity index is 589. The molecular formula is C18H20. The van der Waals surface area contributed by atoms with Gasteiger partial charge in [0.25, 0.3) is 0 Å². The largest absolute Gasteiger partial charge is 0.0792 e. The molecular weight excluding hydrogens is 216 g/mol. The Morgan fingerprint density at radius 1 is 0.833 bits per heavy atom. The van der Waals surface area contributed by atoms with Crippen LogP contribution in [-0.2, 0) is 0 Å². The van der Waals surface area contributed by atoms with Crippen LogP contribution in [0, 0.1) is 20.8 Å². The van der Waals surface area contributed by atoms with E-state index in [-0.39, 0.29) is 0 Å². The molecule has 0 saturated carbocycles. The first kappa shape index (κ1) is 12.6. The fraction of sp³-hybridized carbons (Fsp3) is 0.222. The molecule has 18 heavy (non-hydrogen) atoms. The molecule has 0 spiro atoms. The standard InChI is InChI=1S/C18H20/c1-5-16(17-9-7-6-8-14(17)3)18-12-13(2)10-11-15(18)4/h5-12H,1-4H3/b16-5-. The maximum Gasteiger partial charge on any atom is -0.0149 e. The zero-order valence-corrected chi connectivity index (χ0v) is 11.6. The van der Waals surface area contributed by atoms with E-state index in [1.165, 1.54) is 33.4 Å². The molecule has 0 aliphatic heterocycles. The summed E-state index contributed by atoms with van der Waals surface area (Å²) in [7, 11) is 0. The van der Waals surface area contributed by atoms with Gasteiger partial charge in [-0.2, -0.15) is 0 Å². The molecule has 0 aliphatic rings. The van der Waals surface area contributed by atoms with Crippen LogP contribution in [-0.4, -0.2) is 0 Å². The second-order valence-corrected chi connectivity index (χ2v) is 4.84. The zero-order valence-electron chi connectivity index (χ0n) is 11.6. The van der Waals surface area contributed by atoms with E-state index in [1.54, 1.807) is 0 Å². The molecule has 0 nitrogen and oxygen atoms in total. The Hall–Kier alpha value is -1.82. The van der Waals surface area contributed by atoms with Crippen molar-refractivity contribution in [3.8, 4) is 0 Å². The molecule has 0 radical (unpaired) electrons. The third-order valence-electron chi connectivity index (χ3n) is 3.41. The Morgan fingerprint density at radius 3 is 2.17 bits per heavy atom. The lowest BCUT2D eigenvalue weighted by Crippen LogP contribution is -1.94. The second-order valence-electron chi connectivity index (χ2n) is 4.84. The fourth-order valence-electron chi connectivity index (χ4n) is 2.36. The van der Waals surface area contributed by atoms with Gasteiger partial charge in [0.2, 0.25) is 0 Å². The van der Waals surface area contributed by atoms with E-state index in [9.17, 15) is 0 Å². The number of aryl methyl sites for hydroxylation is 3. The summed E-state index contributed by atoms with van der Waals surface area (Å²) in [5.74, 6) is 0. The van der Waals surface area contributed by atoms with Gasteiger partial charge in [-0.05, 0) is 55.5 Å². The normalized spacial score (nSPS) is 11.7. The van der Waals surface area contributed by atoms with Gasteiger partial charge in [-0.3, -0.25) is 0 Å². The molecule has 0 heteroatoms. The van der Waals surface area contributed by atoms with Gasteiger partial charge in [0, 0.05) is 0 Å². The first-order chi connectivity index (χ1) is 8.63. The van der Waals surface area contributed by atoms with Gasteiger partial charge in [0.05, 0.1) is 0 Å². The zero-order chi connectivity index (χ0) is 13.1. The van der Waals surface area contributed by atoms with Crippen LogP contribution >= 0.6 is 0 Å². The molecule has 0 saturated heterocycles. The van der Waals surface area contributed by atoms with E-state index in [4.69, 9.17) is 0 Å². The van der Waals surface area contributed by atoms with Gasteiger partial charge >= 0.3 is 0 Å². The number of benzene rings is 2. The van der Waals surface area contributed by atoms with Crippen LogP contribution in [0.1, 0.15) is 34.7 Å². The van der Waals surface area contributed by atoms with Gasteiger partial charge in [0.15, 0.2) is 0 Å². The molecule has 0 aromatic heterocycles. The quantitative estimate of drug-likeness (QED) is 0.683. The molecule has 0 fully saturated rings. The molecule has 0 unspecified atom stereocenters. The van der Waals surface area contributed by atoms with Crippen molar-refractivity contribution in [2.24, 2.45) is 0 Å². The van der Waals surface area contributed by atoms with Crippen molar-refractivity contribution >= 4 is 5.57 Å². The van der Waals surface area contributed by atoms with Crippen molar-refractivity contribution in [3.63, 3.8) is 0 Å². The summed E-state index contributed by atoms with van der Waals surface area (Å²) in [5.41, 5.74) is 7.96. The molecule has 0 heterocycles. The lowest BCUT2D eigenvalue weighted by molar-refractivity contribution is 1.34. The van der Waals surface area contributed by atoms with Crippen molar-refractivity contribution in [2.75, 3.05) is 0 Å². The highest BCUT2D eigenvalue weighted by molar-refractivity contribution is 5.82. The Morgan fingerprint density at radius 2 is 1.50 bits per heavy atom. The topological polar surface area (TPSA) is 0 Å². The van der Waals surface area contributed by atoms with Crippen LogP contribution in [0.4, 0.5) is 0 Å². The summed E-state index contributed by atoms with van der Waals surface area (Å²) >= 11 is 0. The Labute approximate surface area is 110 Å². The van der Waals surface area contributed by atoms with Gasteiger partial charge in [-0.15, -0.1) is 0 Å². The van der Waals surface area contributed by atoms with Gasteiger partial charge in [-0.1, -0.05) is 54.1 Å². The maximum absolute atomic E-state index is 2.27. The first-order valence-corrected chi connectivity index (χ1v) is 6.43. The summed E-state index contributed by atoms with van der Waals surface area (Å²) in [5, 5.41) is 0. The molecule has 2 aromatic carbocycles. The summed E-state index contributed by atoms with van der Waals surface area (Å²) in [4.78, 5) is 0. The predicted octanol–water partition coefficient (Wildman–Crippen LogP) is 5.06. The summed E-state index contributed by atoms with van der Waals surface area (Å²) in [6.07, 6.45) is 2.21. The van der Waals surface area contributed by atoms with Crippen LogP contribution in [0.2, 0.25) is 0 Å². The van der Waals surface area contributed by atoms with Crippen molar-refractivity contribution in [2.45, 2.75) is 27.7 Å². The average molecular weight is 236 g/mol. The Balaban J connectivity index is 2.60. The SMILES string of the molecule is C/C=C(/c1ccccc1C)c1cc(C)ccc1C. The van der Waals surface area contributed by atoms with Crippen molar-refractivity contribution < 1.29 is 0 Å². The Kier molecular flexibility index (Phi) is 3.66. The molecule has 0 bridgehead atoms. The molecule has 2 aromatic rings. The van der Waals surface area contributed by atoms with Crippen LogP contribution in [0.3, 0.4) is 0 Å². The number of hydrogen-bond acceptors (Lipinski definition) is 0. The smallest absolute Gasteiger partial charge is 0.0149 e. The monoisotopic (exact) mass is 236 g/mol. The maximum atomic E-state index is 2.27. The number of hydrogen-bond donors (Lipinski definition) is 0. The second kappa shape index (κ2) is 5.22. The molecule has 0 amide bonds. The molecule has 2 rings (SSSR count). The lowest BCUT2D eigenvalue weighted by atomic mass is 9.91. The molecule has 0 N–H and O–H groups in total. The van der Waals surface area contributed by atoms with E-state index in [2.05, 4.69) is 76.2 Å². The van der Waals surface area contributed by atoms with Crippen LogP contribution in [0.5, 0.6) is 0 Å². The highest BCUT2D eigenvalue weighted by Crippen LogP contribution is 2.28. The van der Waals surface area contributed by atoms with Gasteiger partial charge < -0.3 is 0 Å². The highest BCUT2D eigenvalue weighted by Gasteiger charge is 2.09.